The van der Waals surface area contributed by atoms with E-state index in [9.17, 15) is 9.18 Å². The molecule has 0 fully saturated rings. The van der Waals surface area contributed by atoms with Crippen molar-refractivity contribution in [3.05, 3.63) is 83.6 Å². The molecule has 4 rings (SSSR count). The Morgan fingerprint density at radius 3 is 2.66 bits per heavy atom. The molecule has 0 aliphatic rings. The van der Waals surface area contributed by atoms with Gasteiger partial charge in [-0.25, -0.2) is 19.3 Å². The van der Waals surface area contributed by atoms with Crippen LogP contribution in [0.25, 0.3) is 10.9 Å². The molecule has 6 N–H and O–H groups in total. The van der Waals surface area contributed by atoms with Gasteiger partial charge >= 0.3 is 0 Å². The van der Waals surface area contributed by atoms with Crippen molar-refractivity contribution >= 4 is 34.1 Å². The van der Waals surface area contributed by atoms with E-state index in [1.807, 2.05) is 37.3 Å². The van der Waals surface area contributed by atoms with E-state index < -0.39 is 11.9 Å². The zero-order valence-corrected chi connectivity index (χ0v) is 17.3. The minimum atomic E-state index is -0.460. The average Bonchev–Trinajstić information content (AvgIpc) is 2.80. The molecule has 0 saturated carbocycles. The Bertz CT molecular complexity index is 1280. The van der Waals surface area contributed by atoms with Gasteiger partial charge in [-0.15, -0.1) is 0 Å². The molecule has 1 atom stereocenters. The molecule has 0 aliphatic heterocycles. The number of carbonyl (C=O) groups is 1. The molecule has 0 saturated heterocycles. The van der Waals surface area contributed by atoms with Gasteiger partial charge in [-0.3, -0.25) is 4.79 Å². The summed E-state index contributed by atoms with van der Waals surface area (Å²) in [5.74, 6) is -0.247. The number of aromatic nitrogens is 3. The number of rotatable bonds is 6. The molecule has 8 nitrogen and oxygen atoms in total. The number of benzene rings is 2. The van der Waals surface area contributed by atoms with Crippen LogP contribution in [-0.4, -0.2) is 20.9 Å². The molecule has 162 valence electrons. The smallest absolute Gasteiger partial charge is 0.253 e. The molecular weight excluding hydrogens is 409 g/mol. The van der Waals surface area contributed by atoms with Gasteiger partial charge in [0.25, 0.3) is 5.91 Å². The zero-order chi connectivity index (χ0) is 22.7. The lowest BCUT2D eigenvalue weighted by Gasteiger charge is -2.19. The fraction of sp³-hybridized carbons (Fsp3) is 0.130. The van der Waals surface area contributed by atoms with Gasteiger partial charge < -0.3 is 22.1 Å². The summed E-state index contributed by atoms with van der Waals surface area (Å²) in [5.41, 5.74) is 14.2. The van der Waals surface area contributed by atoms with Crippen molar-refractivity contribution in [2.24, 2.45) is 0 Å². The third-order valence-corrected chi connectivity index (χ3v) is 5.02. The lowest BCUT2D eigenvalue weighted by Crippen LogP contribution is -2.26. The number of carbonyl (C=O) groups excluding carboxylic acids is 1. The maximum Gasteiger partial charge on any atom is 0.253 e. The highest BCUT2D eigenvalue weighted by atomic mass is 19.1. The molecule has 2 heterocycles. The van der Waals surface area contributed by atoms with Crippen LogP contribution in [0.4, 0.5) is 21.7 Å². The van der Waals surface area contributed by atoms with Gasteiger partial charge in [-0.05, 0) is 36.8 Å². The van der Waals surface area contributed by atoms with Crippen LogP contribution in [0.1, 0.15) is 34.6 Å². The van der Waals surface area contributed by atoms with E-state index in [-0.39, 0.29) is 17.4 Å². The Kier molecular flexibility index (Phi) is 5.80. The van der Waals surface area contributed by atoms with Crippen LogP contribution in [-0.2, 0) is 6.54 Å². The molecule has 2 aromatic heterocycles. The van der Waals surface area contributed by atoms with Crippen molar-refractivity contribution < 1.29 is 9.18 Å². The van der Waals surface area contributed by atoms with Gasteiger partial charge in [0.1, 0.15) is 17.8 Å². The third kappa shape index (κ3) is 4.41. The Hall–Kier alpha value is -4.27. The van der Waals surface area contributed by atoms with Crippen molar-refractivity contribution in [1.29, 1.82) is 0 Å². The van der Waals surface area contributed by atoms with Crippen LogP contribution in [0.3, 0.4) is 0 Å². The SMILES string of the molecule is C[C@H](Nc1ncnc(N)c1N)c1nc2ccc(F)cc2cc1C(=O)NCc1ccccc1. The van der Waals surface area contributed by atoms with Crippen LogP contribution in [0.2, 0.25) is 0 Å². The summed E-state index contributed by atoms with van der Waals surface area (Å²) >= 11 is 0. The maximum atomic E-state index is 13.8. The first kappa shape index (κ1) is 21.0. The Morgan fingerprint density at radius 1 is 1.09 bits per heavy atom. The van der Waals surface area contributed by atoms with Crippen molar-refractivity contribution in [3.8, 4) is 0 Å². The first-order chi connectivity index (χ1) is 15.4. The molecule has 0 spiro atoms. The lowest BCUT2D eigenvalue weighted by molar-refractivity contribution is 0.0949. The molecule has 0 unspecified atom stereocenters. The standard InChI is InChI=1S/C23H22FN7O/c1-13(30-22-19(25)21(26)28-12-29-22)20-17(10-15-9-16(24)7-8-18(15)31-20)23(32)27-11-14-5-3-2-4-6-14/h2-10,12-13H,11,25H2,1H3,(H,27,32)(H3,26,28,29,30)/t13-/m0/s1. The normalized spacial score (nSPS) is 11.8. The van der Waals surface area contributed by atoms with Crippen molar-refractivity contribution in [2.75, 3.05) is 16.8 Å². The van der Waals surface area contributed by atoms with Crippen LogP contribution < -0.4 is 22.1 Å². The molecule has 0 bridgehead atoms. The van der Waals surface area contributed by atoms with E-state index >= 15 is 0 Å². The second-order valence-electron chi connectivity index (χ2n) is 7.31. The molecule has 32 heavy (non-hydrogen) atoms. The lowest BCUT2D eigenvalue weighted by atomic mass is 10.0. The largest absolute Gasteiger partial charge is 0.393 e. The highest BCUT2D eigenvalue weighted by Crippen LogP contribution is 2.28. The summed E-state index contributed by atoms with van der Waals surface area (Å²) in [6, 6.07) is 15.0. The van der Waals surface area contributed by atoms with E-state index in [0.29, 0.717) is 34.5 Å². The number of nitrogens with one attached hydrogen (secondary N) is 2. The van der Waals surface area contributed by atoms with E-state index in [1.54, 1.807) is 12.1 Å². The average molecular weight is 431 g/mol. The number of nitrogen functional groups attached to an aromatic ring is 2. The molecule has 9 heteroatoms. The van der Waals surface area contributed by atoms with Gasteiger partial charge in [0.15, 0.2) is 11.6 Å². The highest BCUT2D eigenvalue weighted by Gasteiger charge is 2.21. The molecule has 4 aromatic rings. The van der Waals surface area contributed by atoms with Crippen molar-refractivity contribution in [1.82, 2.24) is 20.3 Å². The van der Waals surface area contributed by atoms with Crippen LogP contribution in [0.5, 0.6) is 0 Å². The topological polar surface area (TPSA) is 132 Å². The van der Waals surface area contributed by atoms with E-state index in [2.05, 4.69) is 25.6 Å². The highest BCUT2D eigenvalue weighted by molar-refractivity contribution is 5.99. The minimum Gasteiger partial charge on any atom is -0.393 e. The number of halogens is 1. The van der Waals surface area contributed by atoms with Gasteiger partial charge in [0, 0.05) is 11.9 Å². The summed E-state index contributed by atoms with van der Waals surface area (Å²) in [6.07, 6.45) is 1.30. The predicted molar refractivity (Wildman–Crippen MR) is 122 cm³/mol. The number of hydrogen-bond donors (Lipinski definition) is 4. The van der Waals surface area contributed by atoms with Crippen LogP contribution in [0.15, 0.2) is 60.9 Å². The summed E-state index contributed by atoms with van der Waals surface area (Å²) < 4.78 is 13.8. The minimum absolute atomic E-state index is 0.150. The second kappa shape index (κ2) is 8.84. The fourth-order valence-corrected chi connectivity index (χ4v) is 3.35. The first-order valence-corrected chi connectivity index (χ1v) is 9.97. The molecule has 0 aliphatic carbocycles. The van der Waals surface area contributed by atoms with E-state index in [0.717, 1.165) is 5.56 Å². The van der Waals surface area contributed by atoms with E-state index in [1.165, 1.54) is 18.5 Å². The number of amides is 1. The summed E-state index contributed by atoms with van der Waals surface area (Å²) in [4.78, 5) is 25.7. The van der Waals surface area contributed by atoms with Gasteiger partial charge in [-0.2, -0.15) is 0 Å². The number of fused-ring (bicyclic) bond motifs is 1. The second-order valence-corrected chi connectivity index (χ2v) is 7.31. The Labute approximate surface area is 183 Å². The van der Waals surface area contributed by atoms with Gasteiger partial charge in [0.05, 0.1) is 22.8 Å². The summed E-state index contributed by atoms with van der Waals surface area (Å²) in [5, 5.41) is 6.57. The zero-order valence-electron chi connectivity index (χ0n) is 17.3. The predicted octanol–water partition coefficient (Wildman–Crippen LogP) is 3.43. The molecule has 1 amide bonds. The molecule has 0 radical (unpaired) electrons. The van der Waals surface area contributed by atoms with Crippen LogP contribution in [0, 0.1) is 5.82 Å². The van der Waals surface area contributed by atoms with Gasteiger partial charge in [0.2, 0.25) is 0 Å². The molecule has 2 aromatic carbocycles. The van der Waals surface area contributed by atoms with Crippen molar-refractivity contribution in [2.45, 2.75) is 19.5 Å². The third-order valence-electron chi connectivity index (χ3n) is 5.02. The van der Waals surface area contributed by atoms with E-state index in [4.69, 9.17) is 11.5 Å². The van der Waals surface area contributed by atoms with Crippen LogP contribution >= 0.6 is 0 Å². The molecular formula is C23H22FN7O. The Morgan fingerprint density at radius 2 is 1.88 bits per heavy atom. The van der Waals surface area contributed by atoms with Gasteiger partial charge in [-0.1, -0.05) is 30.3 Å². The monoisotopic (exact) mass is 431 g/mol. The number of anilines is 3. The van der Waals surface area contributed by atoms with Crippen molar-refractivity contribution in [3.63, 3.8) is 0 Å². The summed E-state index contributed by atoms with van der Waals surface area (Å²) in [6.45, 7) is 2.17. The first-order valence-electron chi connectivity index (χ1n) is 9.97. The number of pyridine rings is 1. The maximum absolute atomic E-state index is 13.8. The number of nitrogens with two attached hydrogens (primary N) is 2. The quantitative estimate of drug-likeness (QED) is 0.368. The number of nitrogens with zero attached hydrogens (tertiary/aromatic N) is 3. The fourth-order valence-electron chi connectivity index (χ4n) is 3.35. The number of hydrogen-bond acceptors (Lipinski definition) is 7. The summed E-state index contributed by atoms with van der Waals surface area (Å²) in [7, 11) is 0. The Balaban J connectivity index is 1.69.